The minimum atomic E-state index is -0.0361. The summed E-state index contributed by atoms with van der Waals surface area (Å²) in [5.41, 5.74) is 2.12. The molecule has 2 unspecified atom stereocenters. The topological polar surface area (TPSA) is 58.4 Å². The van der Waals surface area contributed by atoms with Crippen molar-refractivity contribution < 1.29 is 9.32 Å². The van der Waals surface area contributed by atoms with E-state index in [1.807, 2.05) is 30.1 Å². The van der Waals surface area contributed by atoms with Gasteiger partial charge in [0.05, 0.1) is 5.69 Å². The highest BCUT2D eigenvalue weighted by Gasteiger charge is 2.29. The molecule has 3 rings (SSSR count). The fourth-order valence-electron chi connectivity index (χ4n) is 3.84. The number of nitrogens with one attached hydrogen (secondary N) is 1. The van der Waals surface area contributed by atoms with E-state index >= 15 is 0 Å². The third-order valence-corrected chi connectivity index (χ3v) is 5.66. The molecule has 1 aliphatic rings. The molecule has 152 valence electrons. The molecule has 0 spiro atoms. The molecule has 0 radical (unpaired) electrons. The van der Waals surface area contributed by atoms with Crippen LogP contribution < -0.4 is 5.32 Å². The Labute approximate surface area is 168 Å². The van der Waals surface area contributed by atoms with E-state index in [4.69, 9.17) is 4.52 Å². The number of nitrogens with zero attached hydrogens (tertiary/aromatic N) is 2. The lowest BCUT2D eigenvalue weighted by Gasteiger charge is -2.32. The Morgan fingerprint density at radius 1 is 1.25 bits per heavy atom. The van der Waals surface area contributed by atoms with E-state index in [0.717, 1.165) is 42.9 Å². The fourth-order valence-corrected chi connectivity index (χ4v) is 3.84. The first-order chi connectivity index (χ1) is 13.3. The summed E-state index contributed by atoms with van der Waals surface area (Å²) >= 11 is 0. The van der Waals surface area contributed by atoms with Crippen molar-refractivity contribution in [2.75, 3.05) is 20.1 Å². The van der Waals surface area contributed by atoms with Crippen LogP contribution in [0, 0.1) is 11.8 Å². The van der Waals surface area contributed by atoms with Crippen LogP contribution in [0.3, 0.4) is 0 Å². The molecule has 1 aromatic heterocycles. The van der Waals surface area contributed by atoms with Gasteiger partial charge in [-0.25, -0.2) is 0 Å². The Morgan fingerprint density at radius 3 is 2.68 bits per heavy atom. The van der Waals surface area contributed by atoms with Gasteiger partial charge in [0.2, 0.25) is 5.91 Å². The molecule has 5 nitrogen and oxygen atoms in total. The largest absolute Gasteiger partial charge is 0.361 e. The van der Waals surface area contributed by atoms with Crippen molar-refractivity contribution in [3.05, 3.63) is 53.4 Å². The second-order valence-electron chi connectivity index (χ2n) is 9.09. The average Bonchev–Trinajstić information content (AvgIpc) is 3.13. The number of benzene rings is 1. The van der Waals surface area contributed by atoms with Gasteiger partial charge in [-0.3, -0.25) is 4.79 Å². The number of hydrogen-bond acceptors (Lipinski definition) is 4. The number of hydrogen-bond donors (Lipinski definition) is 1. The normalized spacial score (nSPS) is 20.1. The van der Waals surface area contributed by atoms with E-state index in [1.165, 1.54) is 0 Å². The van der Waals surface area contributed by atoms with E-state index < -0.39 is 0 Å². The molecule has 0 aliphatic carbocycles. The quantitative estimate of drug-likeness (QED) is 0.824. The van der Waals surface area contributed by atoms with E-state index in [1.54, 1.807) is 0 Å². The predicted octanol–water partition coefficient (Wildman–Crippen LogP) is 3.79. The van der Waals surface area contributed by atoms with Gasteiger partial charge >= 0.3 is 0 Å². The van der Waals surface area contributed by atoms with Crippen LogP contribution in [-0.2, 0) is 23.2 Å². The number of piperidine rings is 1. The second kappa shape index (κ2) is 8.91. The molecular weight excluding hydrogens is 350 g/mol. The molecule has 2 heterocycles. The van der Waals surface area contributed by atoms with E-state index in [2.05, 4.69) is 49.4 Å². The molecule has 1 aliphatic heterocycles. The van der Waals surface area contributed by atoms with Crippen LogP contribution in [0.25, 0.3) is 0 Å². The highest BCUT2D eigenvalue weighted by molar-refractivity contribution is 5.76. The predicted molar refractivity (Wildman–Crippen MR) is 111 cm³/mol. The van der Waals surface area contributed by atoms with Crippen LogP contribution in [0.1, 0.15) is 50.6 Å². The van der Waals surface area contributed by atoms with Crippen molar-refractivity contribution in [1.29, 1.82) is 0 Å². The monoisotopic (exact) mass is 383 g/mol. The molecule has 2 aromatic rings. The number of carbonyl (C=O) groups excluding carboxylic acids is 1. The molecule has 1 amide bonds. The first-order valence-electron chi connectivity index (χ1n) is 10.3. The number of amides is 1. The number of carbonyl (C=O) groups is 1. The van der Waals surface area contributed by atoms with Crippen LogP contribution in [0.15, 0.2) is 40.9 Å². The van der Waals surface area contributed by atoms with Gasteiger partial charge in [-0.1, -0.05) is 56.3 Å². The summed E-state index contributed by atoms with van der Waals surface area (Å²) in [4.78, 5) is 14.7. The van der Waals surface area contributed by atoms with Gasteiger partial charge in [0.25, 0.3) is 0 Å². The Kier molecular flexibility index (Phi) is 6.55. The lowest BCUT2D eigenvalue weighted by atomic mass is 9.80. The Hall–Kier alpha value is -2.14. The molecule has 5 heteroatoms. The van der Waals surface area contributed by atoms with Crippen LogP contribution in [-0.4, -0.2) is 36.1 Å². The molecule has 1 fully saturated rings. The number of aromatic nitrogens is 1. The molecular formula is C23H33N3O2. The molecule has 1 aromatic carbocycles. The molecule has 0 saturated carbocycles. The average molecular weight is 384 g/mol. The SMILES string of the molecule is CN(Cc1ccccc1)C(=O)CC1CCNCC1Cc1cc(C(C)(C)C)on1. The first kappa shape index (κ1) is 20.6. The van der Waals surface area contributed by atoms with Gasteiger partial charge < -0.3 is 14.7 Å². The maximum atomic E-state index is 12.8. The molecule has 1 N–H and O–H groups in total. The van der Waals surface area contributed by atoms with Gasteiger partial charge in [0.15, 0.2) is 0 Å². The Balaban J connectivity index is 1.59. The minimum Gasteiger partial charge on any atom is -0.361 e. The van der Waals surface area contributed by atoms with Crippen molar-refractivity contribution in [2.24, 2.45) is 11.8 Å². The summed E-state index contributed by atoms with van der Waals surface area (Å²) in [6.07, 6.45) is 2.48. The maximum Gasteiger partial charge on any atom is 0.222 e. The van der Waals surface area contributed by atoms with Crippen molar-refractivity contribution in [1.82, 2.24) is 15.4 Å². The molecule has 2 atom stereocenters. The lowest BCUT2D eigenvalue weighted by Crippen LogP contribution is -2.40. The molecule has 0 bridgehead atoms. The van der Waals surface area contributed by atoms with Crippen molar-refractivity contribution in [3.63, 3.8) is 0 Å². The highest BCUT2D eigenvalue weighted by Crippen LogP contribution is 2.29. The molecule has 1 saturated heterocycles. The van der Waals surface area contributed by atoms with Crippen LogP contribution >= 0.6 is 0 Å². The number of rotatable bonds is 6. The van der Waals surface area contributed by atoms with Crippen LogP contribution in [0.4, 0.5) is 0 Å². The van der Waals surface area contributed by atoms with Crippen molar-refractivity contribution >= 4 is 5.91 Å². The van der Waals surface area contributed by atoms with E-state index in [9.17, 15) is 4.79 Å². The minimum absolute atomic E-state index is 0.0361. The smallest absolute Gasteiger partial charge is 0.222 e. The third kappa shape index (κ3) is 5.44. The van der Waals surface area contributed by atoms with Crippen LogP contribution in [0.5, 0.6) is 0 Å². The van der Waals surface area contributed by atoms with Crippen molar-refractivity contribution in [2.45, 2.75) is 52.0 Å². The summed E-state index contributed by atoms with van der Waals surface area (Å²) in [6, 6.07) is 12.2. The van der Waals surface area contributed by atoms with Gasteiger partial charge in [0.1, 0.15) is 5.76 Å². The maximum absolute atomic E-state index is 12.8. The van der Waals surface area contributed by atoms with Gasteiger partial charge in [0, 0.05) is 31.5 Å². The Bertz CT molecular complexity index is 764. The summed E-state index contributed by atoms with van der Waals surface area (Å²) < 4.78 is 5.55. The summed E-state index contributed by atoms with van der Waals surface area (Å²) in [7, 11) is 1.90. The zero-order valence-electron chi connectivity index (χ0n) is 17.6. The highest BCUT2D eigenvalue weighted by atomic mass is 16.5. The van der Waals surface area contributed by atoms with Crippen molar-refractivity contribution in [3.8, 4) is 0 Å². The summed E-state index contributed by atoms with van der Waals surface area (Å²) in [5, 5.41) is 7.76. The third-order valence-electron chi connectivity index (χ3n) is 5.66. The zero-order valence-corrected chi connectivity index (χ0v) is 17.6. The van der Waals surface area contributed by atoms with Gasteiger partial charge in [-0.2, -0.15) is 0 Å². The van der Waals surface area contributed by atoms with Crippen LogP contribution in [0.2, 0.25) is 0 Å². The van der Waals surface area contributed by atoms with E-state index in [0.29, 0.717) is 24.8 Å². The summed E-state index contributed by atoms with van der Waals surface area (Å²) in [6.45, 7) is 8.95. The lowest BCUT2D eigenvalue weighted by molar-refractivity contribution is -0.132. The standard InChI is InChI=1S/C23H33N3O2/c1-23(2,3)21-14-20(25-28-21)12-19-15-24-11-10-18(19)13-22(27)26(4)16-17-8-6-5-7-9-17/h5-9,14,18-19,24H,10-13,15-16H2,1-4H3. The Morgan fingerprint density at radius 2 is 2.00 bits per heavy atom. The first-order valence-corrected chi connectivity index (χ1v) is 10.3. The molecule has 28 heavy (non-hydrogen) atoms. The van der Waals surface area contributed by atoms with Gasteiger partial charge in [-0.05, 0) is 43.3 Å². The summed E-state index contributed by atoms with van der Waals surface area (Å²) in [5.74, 6) is 1.92. The zero-order chi connectivity index (χ0) is 20.1. The van der Waals surface area contributed by atoms with Gasteiger partial charge in [-0.15, -0.1) is 0 Å². The second-order valence-corrected chi connectivity index (χ2v) is 9.09. The van der Waals surface area contributed by atoms with E-state index in [-0.39, 0.29) is 11.3 Å². The fraction of sp³-hybridized carbons (Fsp3) is 0.565.